The van der Waals surface area contributed by atoms with E-state index in [2.05, 4.69) is 21.2 Å². The van der Waals surface area contributed by atoms with Gasteiger partial charge in [0, 0.05) is 11.4 Å². The van der Waals surface area contributed by atoms with Crippen LogP contribution < -0.4 is 5.32 Å². The van der Waals surface area contributed by atoms with Gasteiger partial charge in [-0.3, -0.25) is 0 Å². The Morgan fingerprint density at radius 2 is 1.89 bits per heavy atom. The van der Waals surface area contributed by atoms with Gasteiger partial charge in [0.1, 0.15) is 5.82 Å². The molecule has 0 spiro atoms. The summed E-state index contributed by atoms with van der Waals surface area (Å²) in [5.41, 5.74) is -0.938. The van der Waals surface area contributed by atoms with Crippen LogP contribution in [-0.4, -0.2) is 0 Å². The number of alkyl halides is 3. The van der Waals surface area contributed by atoms with Crippen LogP contribution in [-0.2, 0) is 12.7 Å². The summed E-state index contributed by atoms with van der Waals surface area (Å²) in [5.74, 6) is -0.912. The van der Waals surface area contributed by atoms with Crippen molar-refractivity contribution in [2.45, 2.75) is 12.7 Å². The molecule has 1 aromatic carbocycles. The first-order valence-corrected chi connectivity index (χ1v) is 6.82. The predicted molar refractivity (Wildman–Crippen MR) is 70.7 cm³/mol. The van der Waals surface area contributed by atoms with Crippen molar-refractivity contribution < 1.29 is 17.6 Å². The number of hydrogen-bond acceptors (Lipinski definition) is 2. The third kappa shape index (κ3) is 3.70. The summed E-state index contributed by atoms with van der Waals surface area (Å²) < 4.78 is 51.5. The molecule has 0 saturated carbocycles. The molecule has 1 nitrogen and oxygen atoms in total. The third-order valence-corrected chi connectivity index (χ3v) is 4.00. The largest absolute Gasteiger partial charge is 0.416 e. The lowest BCUT2D eigenvalue weighted by Crippen LogP contribution is -2.07. The second kappa shape index (κ2) is 5.50. The van der Waals surface area contributed by atoms with E-state index in [-0.39, 0.29) is 5.69 Å². The SMILES string of the molecule is Fc1cc(C(F)(F)F)ccc1NCc1ccc(Br)s1. The molecule has 0 saturated heterocycles. The monoisotopic (exact) mass is 353 g/mol. The van der Waals surface area contributed by atoms with Crippen LogP contribution in [0, 0.1) is 5.82 Å². The fourth-order valence-corrected chi connectivity index (χ4v) is 2.89. The van der Waals surface area contributed by atoms with Gasteiger partial charge in [-0.1, -0.05) is 0 Å². The number of thiophene rings is 1. The Morgan fingerprint density at radius 1 is 1.16 bits per heavy atom. The maximum atomic E-state index is 13.5. The summed E-state index contributed by atoms with van der Waals surface area (Å²) in [4.78, 5) is 0.950. The van der Waals surface area contributed by atoms with Gasteiger partial charge in [0.15, 0.2) is 0 Å². The molecule has 0 aliphatic heterocycles. The molecule has 0 fully saturated rings. The first-order valence-electron chi connectivity index (χ1n) is 5.21. The van der Waals surface area contributed by atoms with E-state index in [1.807, 2.05) is 12.1 Å². The maximum absolute atomic E-state index is 13.5. The molecule has 0 radical (unpaired) electrons. The van der Waals surface area contributed by atoms with Gasteiger partial charge < -0.3 is 5.32 Å². The third-order valence-electron chi connectivity index (χ3n) is 2.38. The highest BCUT2D eigenvalue weighted by molar-refractivity contribution is 9.11. The van der Waals surface area contributed by atoms with Crippen molar-refractivity contribution >= 4 is 33.0 Å². The Kier molecular flexibility index (Phi) is 4.15. The molecular weight excluding hydrogens is 346 g/mol. The predicted octanol–water partition coefficient (Wildman–Crippen LogP) is 5.28. The number of rotatable bonds is 3. The van der Waals surface area contributed by atoms with Crippen LogP contribution in [0.4, 0.5) is 23.2 Å². The zero-order valence-electron chi connectivity index (χ0n) is 9.39. The van der Waals surface area contributed by atoms with Crippen LogP contribution in [0.25, 0.3) is 0 Å². The molecule has 19 heavy (non-hydrogen) atoms. The normalized spacial score (nSPS) is 11.6. The smallest absolute Gasteiger partial charge is 0.378 e. The second-order valence-corrected chi connectivity index (χ2v) is 6.30. The number of benzene rings is 1. The molecule has 0 unspecified atom stereocenters. The zero-order valence-corrected chi connectivity index (χ0v) is 11.8. The van der Waals surface area contributed by atoms with E-state index in [0.29, 0.717) is 12.6 Å². The number of hydrogen-bond donors (Lipinski definition) is 1. The van der Waals surface area contributed by atoms with Crippen molar-refractivity contribution in [3.05, 3.63) is 50.4 Å². The number of nitrogens with one attached hydrogen (secondary N) is 1. The molecule has 2 aromatic rings. The molecule has 0 aliphatic carbocycles. The summed E-state index contributed by atoms with van der Waals surface area (Å²) in [7, 11) is 0. The van der Waals surface area contributed by atoms with Crippen LogP contribution >= 0.6 is 27.3 Å². The van der Waals surface area contributed by atoms with Crippen molar-refractivity contribution in [3.63, 3.8) is 0 Å². The zero-order chi connectivity index (χ0) is 14.0. The van der Waals surface area contributed by atoms with E-state index < -0.39 is 17.6 Å². The molecule has 1 aromatic heterocycles. The van der Waals surface area contributed by atoms with Gasteiger partial charge in [0.2, 0.25) is 0 Å². The van der Waals surface area contributed by atoms with E-state index in [0.717, 1.165) is 20.8 Å². The Hall–Kier alpha value is -1.08. The Balaban J connectivity index is 2.09. The van der Waals surface area contributed by atoms with Crippen molar-refractivity contribution in [1.29, 1.82) is 0 Å². The lowest BCUT2D eigenvalue weighted by Gasteiger charge is -2.10. The van der Waals surface area contributed by atoms with Gasteiger partial charge in [-0.15, -0.1) is 11.3 Å². The van der Waals surface area contributed by atoms with Crippen molar-refractivity contribution in [3.8, 4) is 0 Å². The molecule has 1 heterocycles. The molecule has 0 aliphatic rings. The highest BCUT2D eigenvalue weighted by Crippen LogP contribution is 2.31. The molecule has 0 bridgehead atoms. The molecule has 0 atom stereocenters. The average Bonchev–Trinajstić information content (AvgIpc) is 2.72. The summed E-state index contributed by atoms with van der Waals surface area (Å²) in [6, 6.07) is 6.15. The van der Waals surface area contributed by atoms with E-state index in [4.69, 9.17) is 0 Å². The molecule has 0 amide bonds. The Morgan fingerprint density at radius 3 is 2.42 bits per heavy atom. The van der Waals surface area contributed by atoms with E-state index in [1.165, 1.54) is 11.3 Å². The maximum Gasteiger partial charge on any atom is 0.416 e. The molecular formula is C12H8BrF4NS. The Labute approximate surface area is 119 Å². The van der Waals surface area contributed by atoms with E-state index in [1.54, 1.807) is 0 Å². The fraction of sp³-hybridized carbons (Fsp3) is 0.167. The quantitative estimate of drug-likeness (QED) is 0.740. The number of anilines is 1. The topological polar surface area (TPSA) is 12.0 Å². The fourth-order valence-electron chi connectivity index (χ4n) is 1.46. The van der Waals surface area contributed by atoms with Crippen molar-refractivity contribution in [1.82, 2.24) is 0 Å². The van der Waals surface area contributed by atoms with Gasteiger partial charge in [-0.25, -0.2) is 4.39 Å². The van der Waals surface area contributed by atoms with Gasteiger partial charge in [-0.05, 0) is 46.3 Å². The summed E-state index contributed by atoms with van der Waals surface area (Å²) in [5, 5.41) is 2.77. The van der Waals surface area contributed by atoms with E-state index in [9.17, 15) is 17.6 Å². The number of halogens is 5. The first-order chi connectivity index (χ1) is 8.86. The van der Waals surface area contributed by atoms with Crippen LogP contribution in [0.3, 0.4) is 0 Å². The van der Waals surface area contributed by atoms with Crippen molar-refractivity contribution in [2.75, 3.05) is 5.32 Å². The van der Waals surface area contributed by atoms with Crippen LogP contribution in [0.5, 0.6) is 0 Å². The van der Waals surface area contributed by atoms with Gasteiger partial charge in [0.05, 0.1) is 15.0 Å². The minimum atomic E-state index is -4.53. The Bertz CT molecular complexity index is 579. The first kappa shape index (κ1) is 14.3. The minimum absolute atomic E-state index is 0.0533. The van der Waals surface area contributed by atoms with Crippen LogP contribution in [0.1, 0.15) is 10.4 Å². The van der Waals surface area contributed by atoms with Crippen molar-refractivity contribution in [2.24, 2.45) is 0 Å². The van der Waals surface area contributed by atoms with Crippen LogP contribution in [0.15, 0.2) is 34.1 Å². The molecule has 2 rings (SSSR count). The lowest BCUT2D eigenvalue weighted by molar-refractivity contribution is -0.137. The summed E-state index contributed by atoms with van der Waals surface area (Å²) >= 11 is 4.77. The lowest BCUT2D eigenvalue weighted by atomic mass is 10.2. The molecule has 102 valence electrons. The van der Waals surface area contributed by atoms with Gasteiger partial charge >= 0.3 is 6.18 Å². The minimum Gasteiger partial charge on any atom is -0.378 e. The highest BCUT2D eigenvalue weighted by Gasteiger charge is 2.31. The standard InChI is InChI=1S/C12H8BrF4NS/c13-11-4-2-8(19-11)6-18-10-3-1-7(5-9(10)14)12(15,16)17/h1-5,18H,6H2. The average molecular weight is 354 g/mol. The van der Waals surface area contributed by atoms with Crippen LogP contribution in [0.2, 0.25) is 0 Å². The molecule has 1 N–H and O–H groups in total. The summed E-state index contributed by atoms with van der Waals surface area (Å²) in [6.07, 6.45) is -4.53. The van der Waals surface area contributed by atoms with Gasteiger partial charge in [-0.2, -0.15) is 13.2 Å². The van der Waals surface area contributed by atoms with E-state index >= 15 is 0 Å². The molecule has 7 heteroatoms. The highest BCUT2D eigenvalue weighted by atomic mass is 79.9. The summed E-state index contributed by atoms with van der Waals surface area (Å²) in [6.45, 7) is 0.360. The second-order valence-electron chi connectivity index (χ2n) is 3.75. The van der Waals surface area contributed by atoms with Gasteiger partial charge in [0.25, 0.3) is 0 Å².